The molecule has 0 fully saturated rings. The zero-order valence-corrected chi connectivity index (χ0v) is 11.5. The maximum Gasteiger partial charge on any atom is 0.266 e. The summed E-state index contributed by atoms with van der Waals surface area (Å²) in [5.41, 5.74) is 1.85. The number of benzene rings is 1. The summed E-state index contributed by atoms with van der Waals surface area (Å²) in [7, 11) is -1.20. The van der Waals surface area contributed by atoms with E-state index in [1.54, 1.807) is 6.20 Å². The second-order valence-corrected chi connectivity index (χ2v) is 5.76. The van der Waals surface area contributed by atoms with E-state index < -0.39 is 16.9 Å². The Balaban J connectivity index is 1.93. The monoisotopic (exact) mass is 296 g/mol. The Morgan fingerprint density at radius 1 is 1.30 bits per heavy atom. The van der Waals surface area contributed by atoms with Crippen molar-refractivity contribution in [1.29, 1.82) is 0 Å². The summed E-state index contributed by atoms with van der Waals surface area (Å²) < 4.78 is 35.4. The molecule has 1 heterocycles. The smallest absolute Gasteiger partial charge is 0.266 e. The molecule has 6 heteroatoms. The number of H-pyrrole nitrogens is 1. The third-order valence-corrected chi connectivity index (χ3v) is 3.94. The SMILES string of the molecule is O=S(CCC=C(F)F)Cc1ncc(-c2ccccc2)[nH]1. The van der Waals surface area contributed by atoms with Crippen LogP contribution in [-0.4, -0.2) is 19.9 Å². The molecule has 1 aromatic carbocycles. The van der Waals surface area contributed by atoms with Crippen molar-refractivity contribution in [1.82, 2.24) is 9.97 Å². The Hall–Kier alpha value is -1.82. The van der Waals surface area contributed by atoms with Crippen molar-refractivity contribution in [3.63, 3.8) is 0 Å². The van der Waals surface area contributed by atoms with Crippen LogP contribution in [0.1, 0.15) is 12.2 Å². The Kier molecular flexibility index (Phi) is 5.17. The first-order chi connectivity index (χ1) is 9.65. The number of hydrogen-bond donors (Lipinski definition) is 1. The lowest BCUT2D eigenvalue weighted by molar-refractivity contribution is 0.418. The Morgan fingerprint density at radius 3 is 2.75 bits per heavy atom. The van der Waals surface area contributed by atoms with Gasteiger partial charge in [0.15, 0.2) is 0 Å². The number of imidazole rings is 1. The molecule has 0 aliphatic heterocycles. The lowest BCUT2D eigenvalue weighted by atomic mass is 10.2. The topological polar surface area (TPSA) is 45.8 Å². The van der Waals surface area contributed by atoms with E-state index in [9.17, 15) is 13.0 Å². The molecule has 2 aromatic rings. The van der Waals surface area contributed by atoms with Gasteiger partial charge in [0.05, 0.1) is 17.6 Å². The summed E-state index contributed by atoms with van der Waals surface area (Å²) in [6.07, 6.45) is 0.853. The zero-order valence-electron chi connectivity index (χ0n) is 10.7. The van der Waals surface area contributed by atoms with E-state index in [1.807, 2.05) is 30.3 Å². The fourth-order valence-corrected chi connectivity index (χ4v) is 2.70. The van der Waals surface area contributed by atoms with Crippen LogP contribution in [0.3, 0.4) is 0 Å². The van der Waals surface area contributed by atoms with Gasteiger partial charge >= 0.3 is 0 Å². The number of hydrogen-bond acceptors (Lipinski definition) is 2. The fourth-order valence-electron chi connectivity index (χ4n) is 1.72. The van der Waals surface area contributed by atoms with Gasteiger partial charge in [-0.2, -0.15) is 8.78 Å². The maximum absolute atomic E-state index is 11.8. The standard InChI is InChI=1S/C14H14F2N2OS/c15-13(16)7-4-8-20(19)10-14-17-9-12(18-14)11-5-2-1-3-6-11/h1-3,5-7,9H,4,8,10H2,(H,17,18). The van der Waals surface area contributed by atoms with Crippen molar-refractivity contribution in [2.75, 3.05) is 5.75 Å². The predicted octanol–water partition coefficient (Wildman–Crippen LogP) is 3.50. The van der Waals surface area contributed by atoms with E-state index in [-0.39, 0.29) is 17.9 Å². The number of aromatic amines is 1. The summed E-state index contributed by atoms with van der Waals surface area (Å²) in [6, 6.07) is 9.66. The first-order valence-corrected chi connectivity index (χ1v) is 7.59. The molecule has 0 spiro atoms. The Morgan fingerprint density at radius 2 is 2.05 bits per heavy atom. The fraction of sp³-hybridized carbons (Fsp3) is 0.214. The quantitative estimate of drug-likeness (QED) is 0.887. The highest BCUT2D eigenvalue weighted by atomic mass is 32.2. The molecular formula is C14H14F2N2OS. The van der Waals surface area contributed by atoms with Gasteiger partial charge in [0.2, 0.25) is 0 Å². The van der Waals surface area contributed by atoms with Crippen LogP contribution in [0.4, 0.5) is 8.78 Å². The molecule has 1 N–H and O–H groups in total. The minimum Gasteiger partial charge on any atom is -0.341 e. The molecule has 0 bridgehead atoms. The van der Waals surface area contributed by atoms with Gasteiger partial charge in [0, 0.05) is 16.6 Å². The summed E-state index contributed by atoms with van der Waals surface area (Å²) in [6.45, 7) is 0. The predicted molar refractivity (Wildman–Crippen MR) is 75.7 cm³/mol. The molecule has 20 heavy (non-hydrogen) atoms. The van der Waals surface area contributed by atoms with Crippen molar-refractivity contribution in [3.05, 3.63) is 54.5 Å². The van der Waals surface area contributed by atoms with Crippen LogP contribution in [0.2, 0.25) is 0 Å². The third-order valence-electron chi connectivity index (χ3n) is 2.66. The highest BCUT2D eigenvalue weighted by molar-refractivity contribution is 7.84. The molecule has 106 valence electrons. The Bertz CT molecular complexity index is 607. The van der Waals surface area contributed by atoms with E-state index in [0.29, 0.717) is 5.82 Å². The number of allylic oxidation sites excluding steroid dienone is 1. The molecule has 1 aromatic heterocycles. The van der Waals surface area contributed by atoms with Crippen LogP contribution in [0.25, 0.3) is 11.3 Å². The van der Waals surface area contributed by atoms with Crippen LogP contribution in [0.15, 0.2) is 48.7 Å². The van der Waals surface area contributed by atoms with Crippen molar-refractivity contribution in [2.24, 2.45) is 0 Å². The summed E-state index contributed by atoms with van der Waals surface area (Å²) in [5.74, 6) is 1.06. The highest BCUT2D eigenvalue weighted by Gasteiger charge is 2.07. The normalized spacial score (nSPS) is 12.1. The molecule has 0 saturated carbocycles. The molecule has 3 nitrogen and oxygen atoms in total. The van der Waals surface area contributed by atoms with Crippen LogP contribution < -0.4 is 0 Å². The molecule has 0 amide bonds. The third kappa shape index (κ3) is 4.38. The molecular weight excluding hydrogens is 282 g/mol. The van der Waals surface area contributed by atoms with E-state index in [2.05, 4.69) is 9.97 Å². The van der Waals surface area contributed by atoms with Crippen LogP contribution in [0, 0.1) is 0 Å². The van der Waals surface area contributed by atoms with Gasteiger partial charge in [-0.05, 0) is 18.1 Å². The summed E-state index contributed by atoms with van der Waals surface area (Å²) in [4.78, 5) is 7.26. The number of aromatic nitrogens is 2. The first kappa shape index (κ1) is 14.6. The van der Waals surface area contributed by atoms with Crippen LogP contribution in [-0.2, 0) is 16.6 Å². The van der Waals surface area contributed by atoms with Gasteiger partial charge in [0.1, 0.15) is 5.82 Å². The van der Waals surface area contributed by atoms with Crippen molar-refractivity contribution < 1.29 is 13.0 Å². The molecule has 1 unspecified atom stereocenters. The van der Waals surface area contributed by atoms with E-state index in [0.717, 1.165) is 17.3 Å². The minimum atomic E-state index is -1.73. The van der Waals surface area contributed by atoms with Crippen LogP contribution in [0.5, 0.6) is 0 Å². The average Bonchev–Trinajstić information content (AvgIpc) is 2.88. The highest BCUT2D eigenvalue weighted by Crippen LogP contribution is 2.16. The summed E-state index contributed by atoms with van der Waals surface area (Å²) >= 11 is 0. The van der Waals surface area contributed by atoms with Gasteiger partial charge in [-0.1, -0.05) is 30.3 Å². The van der Waals surface area contributed by atoms with Gasteiger partial charge in [-0.15, -0.1) is 0 Å². The average molecular weight is 296 g/mol. The molecule has 0 radical (unpaired) electrons. The molecule has 0 aliphatic rings. The lowest BCUT2D eigenvalue weighted by Gasteiger charge is -1.98. The molecule has 2 rings (SSSR count). The van der Waals surface area contributed by atoms with Gasteiger partial charge in [-0.3, -0.25) is 4.21 Å². The second-order valence-electron chi connectivity index (χ2n) is 4.18. The van der Waals surface area contributed by atoms with Gasteiger partial charge < -0.3 is 4.98 Å². The van der Waals surface area contributed by atoms with Gasteiger partial charge in [-0.25, -0.2) is 4.98 Å². The number of nitrogens with one attached hydrogen (secondary N) is 1. The van der Waals surface area contributed by atoms with Crippen LogP contribution >= 0.6 is 0 Å². The van der Waals surface area contributed by atoms with E-state index in [4.69, 9.17) is 0 Å². The molecule has 0 aliphatic carbocycles. The Labute approximate surface area is 118 Å². The number of halogens is 2. The molecule has 0 saturated heterocycles. The molecule has 1 atom stereocenters. The minimum absolute atomic E-state index is 0.112. The zero-order chi connectivity index (χ0) is 14.4. The van der Waals surface area contributed by atoms with Gasteiger partial charge in [0.25, 0.3) is 6.08 Å². The largest absolute Gasteiger partial charge is 0.341 e. The summed E-state index contributed by atoms with van der Waals surface area (Å²) in [5, 5.41) is 0. The maximum atomic E-state index is 11.8. The number of rotatable bonds is 6. The van der Waals surface area contributed by atoms with E-state index in [1.165, 1.54) is 0 Å². The second kappa shape index (κ2) is 7.09. The van der Waals surface area contributed by atoms with Crippen molar-refractivity contribution >= 4 is 10.8 Å². The lowest BCUT2D eigenvalue weighted by Crippen LogP contribution is -2.01. The van der Waals surface area contributed by atoms with Crippen molar-refractivity contribution in [2.45, 2.75) is 12.2 Å². The first-order valence-electron chi connectivity index (χ1n) is 6.10. The van der Waals surface area contributed by atoms with Crippen molar-refractivity contribution in [3.8, 4) is 11.3 Å². The van der Waals surface area contributed by atoms with E-state index >= 15 is 0 Å². The number of nitrogens with zero attached hydrogens (tertiary/aromatic N) is 1.